The third-order valence-corrected chi connectivity index (χ3v) is 3.95. The summed E-state index contributed by atoms with van der Waals surface area (Å²) >= 11 is 3.17. The Kier molecular flexibility index (Phi) is 4.42. The molecule has 4 nitrogen and oxygen atoms in total. The van der Waals surface area contributed by atoms with E-state index in [0.717, 1.165) is 12.8 Å². The van der Waals surface area contributed by atoms with Gasteiger partial charge in [0, 0.05) is 11.0 Å². The quantitative estimate of drug-likeness (QED) is 0.797. The Hall–Kier alpha value is -1.14. The van der Waals surface area contributed by atoms with E-state index in [1.54, 1.807) is 0 Å². The van der Waals surface area contributed by atoms with Gasteiger partial charge < -0.3 is 15.7 Å². The molecule has 0 aliphatic heterocycles. The number of amides is 2. The van der Waals surface area contributed by atoms with Gasteiger partial charge in [-0.05, 0) is 47.0 Å². The van der Waals surface area contributed by atoms with Crippen molar-refractivity contribution >= 4 is 27.6 Å². The molecule has 2 rings (SSSR count). The van der Waals surface area contributed by atoms with Crippen LogP contribution in [-0.4, -0.2) is 23.3 Å². The van der Waals surface area contributed by atoms with Gasteiger partial charge in [-0.1, -0.05) is 12.8 Å². The molecule has 0 bridgehead atoms. The van der Waals surface area contributed by atoms with Gasteiger partial charge in [-0.2, -0.15) is 0 Å². The second kappa shape index (κ2) is 5.88. The van der Waals surface area contributed by atoms with Crippen LogP contribution in [0.4, 0.5) is 14.9 Å². The minimum Gasteiger partial charge on any atom is -0.388 e. The number of rotatable bonds is 3. The van der Waals surface area contributed by atoms with Gasteiger partial charge in [-0.15, -0.1) is 0 Å². The van der Waals surface area contributed by atoms with Crippen molar-refractivity contribution in [2.75, 3.05) is 11.9 Å². The number of anilines is 1. The minimum absolute atomic E-state index is 0.234. The number of hydrogen-bond acceptors (Lipinski definition) is 2. The van der Waals surface area contributed by atoms with E-state index in [-0.39, 0.29) is 12.4 Å². The normalized spacial score (nSPS) is 17.2. The lowest BCUT2D eigenvalue weighted by molar-refractivity contribution is 0.0506. The molecule has 1 fully saturated rings. The molecule has 1 aliphatic carbocycles. The van der Waals surface area contributed by atoms with Crippen molar-refractivity contribution in [3.8, 4) is 0 Å². The number of benzene rings is 1. The maximum Gasteiger partial charge on any atom is 0.319 e. The molecule has 6 heteroatoms. The molecule has 0 saturated heterocycles. The zero-order valence-electron chi connectivity index (χ0n) is 10.4. The third-order valence-electron chi connectivity index (χ3n) is 3.29. The predicted octanol–water partition coefficient (Wildman–Crippen LogP) is 3.01. The van der Waals surface area contributed by atoms with Crippen LogP contribution in [0.15, 0.2) is 22.7 Å². The summed E-state index contributed by atoms with van der Waals surface area (Å²) in [5.74, 6) is -0.377. The monoisotopic (exact) mass is 330 g/mol. The van der Waals surface area contributed by atoms with E-state index in [4.69, 9.17) is 0 Å². The number of halogens is 2. The van der Waals surface area contributed by atoms with Gasteiger partial charge in [-0.3, -0.25) is 0 Å². The molecule has 1 aliphatic rings. The average Bonchev–Trinajstić information content (AvgIpc) is 2.78. The number of carbonyl (C=O) groups is 1. The van der Waals surface area contributed by atoms with E-state index in [0.29, 0.717) is 23.0 Å². The first-order valence-corrected chi connectivity index (χ1v) is 7.00. The zero-order valence-corrected chi connectivity index (χ0v) is 12.0. The van der Waals surface area contributed by atoms with Gasteiger partial charge >= 0.3 is 6.03 Å². The van der Waals surface area contributed by atoms with E-state index in [1.807, 2.05) is 0 Å². The van der Waals surface area contributed by atoms with E-state index < -0.39 is 11.6 Å². The number of carbonyl (C=O) groups excluding carboxylic acids is 1. The SMILES string of the molecule is O=C(NCC1(O)CCCC1)Nc1ccc(F)cc1Br. The van der Waals surface area contributed by atoms with Crippen LogP contribution < -0.4 is 10.6 Å². The number of hydrogen-bond donors (Lipinski definition) is 3. The molecular weight excluding hydrogens is 315 g/mol. The van der Waals surface area contributed by atoms with Crippen molar-refractivity contribution in [1.82, 2.24) is 5.32 Å². The topological polar surface area (TPSA) is 61.4 Å². The summed E-state index contributed by atoms with van der Waals surface area (Å²) < 4.78 is 13.4. The van der Waals surface area contributed by atoms with Gasteiger partial charge in [0.25, 0.3) is 0 Å². The van der Waals surface area contributed by atoms with Gasteiger partial charge in [-0.25, -0.2) is 9.18 Å². The molecule has 1 saturated carbocycles. The Morgan fingerprint density at radius 1 is 1.42 bits per heavy atom. The van der Waals surface area contributed by atoms with Crippen LogP contribution in [0.5, 0.6) is 0 Å². The second-order valence-corrected chi connectivity index (χ2v) is 5.72. The summed E-state index contributed by atoms with van der Waals surface area (Å²) in [6, 6.07) is 3.61. The van der Waals surface area contributed by atoms with Gasteiger partial charge in [0.1, 0.15) is 5.82 Å². The van der Waals surface area contributed by atoms with E-state index >= 15 is 0 Å². The van der Waals surface area contributed by atoms with Crippen molar-refractivity contribution in [3.63, 3.8) is 0 Å². The number of urea groups is 1. The molecule has 1 aromatic carbocycles. The zero-order chi connectivity index (χ0) is 13.9. The number of nitrogens with one attached hydrogen (secondary N) is 2. The molecule has 3 N–H and O–H groups in total. The fourth-order valence-corrected chi connectivity index (χ4v) is 2.66. The predicted molar refractivity (Wildman–Crippen MR) is 74.5 cm³/mol. The van der Waals surface area contributed by atoms with Crippen molar-refractivity contribution < 1.29 is 14.3 Å². The van der Waals surface area contributed by atoms with Crippen LogP contribution in [0, 0.1) is 5.82 Å². The Labute approximate surface area is 119 Å². The summed E-state index contributed by atoms with van der Waals surface area (Å²) in [6.45, 7) is 0.234. The Bertz CT molecular complexity index is 476. The smallest absolute Gasteiger partial charge is 0.319 e. The van der Waals surface area contributed by atoms with Crippen LogP contribution >= 0.6 is 15.9 Å². The lowest BCUT2D eigenvalue weighted by Gasteiger charge is -2.22. The largest absolute Gasteiger partial charge is 0.388 e. The lowest BCUT2D eigenvalue weighted by Crippen LogP contribution is -2.42. The fraction of sp³-hybridized carbons (Fsp3) is 0.462. The fourth-order valence-electron chi connectivity index (χ4n) is 2.21. The van der Waals surface area contributed by atoms with Gasteiger partial charge in [0.2, 0.25) is 0 Å². The summed E-state index contributed by atoms with van der Waals surface area (Å²) in [7, 11) is 0. The van der Waals surface area contributed by atoms with E-state index in [1.165, 1.54) is 18.2 Å². The molecule has 2 amide bonds. The summed E-state index contributed by atoms with van der Waals surface area (Å²) in [5, 5.41) is 15.3. The van der Waals surface area contributed by atoms with Crippen LogP contribution in [-0.2, 0) is 0 Å². The summed E-state index contributed by atoms with van der Waals surface area (Å²) in [5.41, 5.74) is -0.297. The molecule has 1 aromatic rings. The van der Waals surface area contributed by atoms with Crippen LogP contribution in [0.2, 0.25) is 0 Å². The second-order valence-electron chi connectivity index (χ2n) is 4.86. The first-order chi connectivity index (χ1) is 8.98. The van der Waals surface area contributed by atoms with Gasteiger partial charge in [0.15, 0.2) is 0 Å². The molecule has 0 aromatic heterocycles. The highest BCUT2D eigenvalue weighted by Crippen LogP contribution is 2.28. The highest BCUT2D eigenvalue weighted by Gasteiger charge is 2.31. The van der Waals surface area contributed by atoms with Crippen molar-refractivity contribution in [2.45, 2.75) is 31.3 Å². The maximum atomic E-state index is 12.9. The lowest BCUT2D eigenvalue weighted by atomic mass is 10.0. The van der Waals surface area contributed by atoms with E-state index in [9.17, 15) is 14.3 Å². The van der Waals surface area contributed by atoms with Crippen molar-refractivity contribution in [2.24, 2.45) is 0 Å². The molecule has 0 radical (unpaired) electrons. The highest BCUT2D eigenvalue weighted by molar-refractivity contribution is 9.10. The molecule has 0 atom stereocenters. The highest BCUT2D eigenvalue weighted by atomic mass is 79.9. The van der Waals surface area contributed by atoms with Crippen molar-refractivity contribution in [1.29, 1.82) is 0 Å². The first kappa shape index (κ1) is 14.3. The van der Waals surface area contributed by atoms with Crippen LogP contribution in [0.1, 0.15) is 25.7 Å². The maximum absolute atomic E-state index is 12.9. The summed E-state index contributed by atoms with van der Waals surface area (Å²) in [4.78, 5) is 11.7. The van der Waals surface area contributed by atoms with Crippen LogP contribution in [0.3, 0.4) is 0 Å². The molecule has 0 spiro atoms. The average molecular weight is 331 g/mol. The van der Waals surface area contributed by atoms with Gasteiger partial charge in [0.05, 0.1) is 11.3 Å². The Balaban J connectivity index is 1.87. The summed E-state index contributed by atoms with van der Waals surface area (Å²) in [6.07, 6.45) is 3.41. The van der Waals surface area contributed by atoms with Crippen LogP contribution in [0.25, 0.3) is 0 Å². The number of aliphatic hydroxyl groups is 1. The first-order valence-electron chi connectivity index (χ1n) is 6.21. The molecule has 0 heterocycles. The Morgan fingerprint density at radius 3 is 2.74 bits per heavy atom. The minimum atomic E-state index is -0.780. The molecule has 0 unspecified atom stereocenters. The van der Waals surface area contributed by atoms with Crippen molar-refractivity contribution in [3.05, 3.63) is 28.5 Å². The standard InChI is InChI=1S/C13H16BrFN2O2/c14-10-7-9(15)3-4-11(10)17-12(18)16-8-13(19)5-1-2-6-13/h3-4,7,19H,1-2,5-6,8H2,(H2,16,17,18). The molecule has 104 valence electrons. The van der Waals surface area contributed by atoms with E-state index in [2.05, 4.69) is 26.6 Å². The third kappa shape index (κ3) is 3.91. The Morgan fingerprint density at radius 2 is 2.11 bits per heavy atom. The molecular formula is C13H16BrFN2O2. The molecule has 19 heavy (non-hydrogen) atoms.